The van der Waals surface area contributed by atoms with E-state index in [1.807, 2.05) is 7.05 Å². The molecule has 0 radical (unpaired) electrons. The second-order valence-electron chi connectivity index (χ2n) is 6.55. The standard InChI is InChI=1S/C16H30N2O/c1-13(14-7-4-3-5-8-14)11-16(19)18-10-6-9-15(12-18)17-2/h13-15,17H,3-12H2,1-2H3. The summed E-state index contributed by atoms with van der Waals surface area (Å²) >= 11 is 0. The number of hydrogen-bond donors (Lipinski definition) is 1. The largest absolute Gasteiger partial charge is 0.341 e. The summed E-state index contributed by atoms with van der Waals surface area (Å²) in [7, 11) is 2.00. The van der Waals surface area contributed by atoms with Gasteiger partial charge in [0.25, 0.3) is 0 Å². The summed E-state index contributed by atoms with van der Waals surface area (Å²) in [6.07, 6.45) is 9.94. The third-order valence-electron chi connectivity index (χ3n) is 5.13. The lowest BCUT2D eigenvalue weighted by molar-refractivity contribution is -0.133. The quantitative estimate of drug-likeness (QED) is 0.848. The van der Waals surface area contributed by atoms with Gasteiger partial charge in [-0.05, 0) is 31.7 Å². The molecule has 2 atom stereocenters. The van der Waals surface area contributed by atoms with Gasteiger partial charge in [0.1, 0.15) is 0 Å². The maximum atomic E-state index is 12.4. The Hall–Kier alpha value is -0.570. The summed E-state index contributed by atoms with van der Waals surface area (Å²) in [5.74, 6) is 1.75. The number of likely N-dealkylation sites (tertiary alicyclic amines) is 1. The Kier molecular flexibility index (Phi) is 5.68. The number of rotatable bonds is 4. The smallest absolute Gasteiger partial charge is 0.222 e. The van der Waals surface area contributed by atoms with Crippen molar-refractivity contribution in [2.75, 3.05) is 20.1 Å². The molecule has 0 aromatic rings. The van der Waals surface area contributed by atoms with E-state index in [-0.39, 0.29) is 0 Å². The van der Waals surface area contributed by atoms with Gasteiger partial charge in [0.15, 0.2) is 0 Å². The van der Waals surface area contributed by atoms with Crippen LogP contribution in [0.3, 0.4) is 0 Å². The molecular weight excluding hydrogens is 236 g/mol. The molecule has 1 heterocycles. The molecule has 1 saturated heterocycles. The molecule has 1 amide bonds. The van der Waals surface area contributed by atoms with Crippen LogP contribution in [0.2, 0.25) is 0 Å². The molecule has 0 aromatic heterocycles. The zero-order chi connectivity index (χ0) is 13.7. The third kappa shape index (κ3) is 4.20. The minimum atomic E-state index is 0.387. The van der Waals surface area contributed by atoms with Crippen LogP contribution in [-0.4, -0.2) is 37.0 Å². The predicted octanol–water partition coefficient (Wildman–Crippen LogP) is 2.80. The predicted molar refractivity (Wildman–Crippen MR) is 79.0 cm³/mol. The Bertz CT molecular complexity index is 286. The van der Waals surface area contributed by atoms with Crippen LogP contribution in [0.1, 0.15) is 58.3 Å². The van der Waals surface area contributed by atoms with Gasteiger partial charge < -0.3 is 10.2 Å². The van der Waals surface area contributed by atoms with E-state index in [4.69, 9.17) is 0 Å². The molecule has 1 N–H and O–H groups in total. The summed E-state index contributed by atoms with van der Waals surface area (Å²) < 4.78 is 0. The van der Waals surface area contributed by atoms with Crippen LogP contribution in [0.4, 0.5) is 0 Å². The lowest BCUT2D eigenvalue weighted by atomic mass is 9.79. The minimum absolute atomic E-state index is 0.387. The summed E-state index contributed by atoms with van der Waals surface area (Å²) in [4.78, 5) is 14.5. The van der Waals surface area contributed by atoms with E-state index in [1.54, 1.807) is 0 Å². The third-order valence-corrected chi connectivity index (χ3v) is 5.13. The van der Waals surface area contributed by atoms with Crippen LogP contribution in [0.25, 0.3) is 0 Å². The lowest BCUT2D eigenvalue weighted by Crippen LogP contribution is -2.47. The summed E-state index contributed by atoms with van der Waals surface area (Å²) in [5, 5.41) is 3.31. The van der Waals surface area contributed by atoms with E-state index < -0.39 is 0 Å². The molecular formula is C16H30N2O. The van der Waals surface area contributed by atoms with E-state index >= 15 is 0 Å². The van der Waals surface area contributed by atoms with Crippen LogP contribution >= 0.6 is 0 Å². The van der Waals surface area contributed by atoms with Gasteiger partial charge in [-0.25, -0.2) is 0 Å². The monoisotopic (exact) mass is 266 g/mol. The van der Waals surface area contributed by atoms with Crippen LogP contribution in [-0.2, 0) is 4.79 Å². The van der Waals surface area contributed by atoms with Gasteiger partial charge >= 0.3 is 0 Å². The van der Waals surface area contributed by atoms with Crippen molar-refractivity contribution >= 4 is 5.91 Å². The number of nitrogens with zero attached hydrogens (tertiary/aromatic N) is 1. The number of carbonyl (C=O) groups excluding carboxylic acids is 1. The number of amides is 1. The number of hydrogen-bond acceptors (Lipinski definition) is 2. The molecule has 2 unspecified atom stereocenters. The second kappa shape index (κ2) is 7.28. The van der Waals surface area contributed by atoms with Gasteiger partial charge in [-0.15, -0.1) is 0 Å². The molecule has 0 spiro atoms. The van der Waals surface area contributed by atoms with Gasteiger partial charge in [0.05, 0.1) is 0 Å². The Morgan fingerprint density at radius 2 is 1.95 bits per heavy atom. The number of likely N-dealkylation sites (N-methyl/N-ethyl adjacent to an activating group) is 1. The first-order chi connectivity index (χ1) is 9.20. The highest BCUT2D eigenvalue weighted by molar-refractivity contribution is 5.76. The molecule has 2 aliphatic rings. The molecule has 0 aromatic carbocycles. The average Bonchev–Trinajstić information content (AvgIpc) is 2.48. The van der Waals surface area contributed by atoms with Crippen molar-refractivity contribution in [3.05, 3.63) is 0 Å². The van der Waals surface area contributed by atoms with Crippen LogP contribution in [0, 0.1) is 11.8 Å². The van der Waals surface area contributed by atoms with Crippen molar-refractivity contribution in [3.63, 3.8) is 0 Å². The van der Waals surface area contributed by atoms with E-state index in [9.17, 15) is 4.79 Å². The van der Waals surface area contributed by atoms with Gasteiger partial charge in [0.2, 0.25) is 5.91 Å². The van der Waals surface area contributed by atoms with E-state index in [2.05, 4.69) is 17.1 Å². The zero-order valence-electron chi connectivity index (χ0n) is 12.7. The summed E-state index contributed by atoms with van der Waals surface area (Å²) in [6, 6.07) is 0.502. The molecule has 110 valence electrons. The van der Waals surface area contributed by atoms with E-state index in [1.165, 1.54) is 38.5 Å². The Morgan fingerprint density at radius 3 is 2.63 bits per heavy atom. The molecule has 1 aliphatic carbocycles. The maximum Gasteiger partial charge on any atom is 0.222 e. The molecule has 1 saturated carbocycles. The summed E-state index contributed by atoms with van der Waals surface area (Å²) in [5.41, 5.74) is 0. The van der Waals surface area contributed by atoms with Crippen molar-refractivity contribution in [2.45, 2.75) is 64.3 Å². The van der Waals surface area contributed by atoms with Crippen molar-refractivity contribution in [3.8, 4) is 0 Å². The highest BCUT2D eigenvalue weighted by Crippen LogP contribution is 2.31. The van der Waals surface area contributed by atoms with Crippen LogP contribution in [0.5, 0.6) is 0 Å². The molecule has 1 aliphatic heterocycles. The van der Waals surface area contributed by atoms with Gasteiger partial charge in [0, 0.05) is 25.6 Å². The SMILES string of the molecule is CNC1CCCN(C(=O)CC(C)C2CCCCC2)C1. The molecule has 0 bridgehead atoms. The molecule has 3 nitrogen and oxygen atoms in total. The average molecular weight is 266 g/mol. The minimum Gasteiger partial charge on any atom is -0.341 e. The molecule has 3 heteroatoms. The van der Waals surface area contributed by atoms with Crippen LogP contribution in [0.15, 0.2) is 0 Å². The van der Waals surface area contributed by atoms with E-state index in [0.717, 1.165) is 31.8 Å². The van der Waals surface area contributed by atoms with Gasteiger partial charge in [-0.3, -0.25) is 4.79 Å². The van der Waals surface area contributed by atoms with Gasteiger partial charge in [-0.1, -0.05) is 39.0 Å². The molecule has 19 heavy (non-hydrogen) atoms. The van der Waals surface area contributed by atoms with Crippen LogP contribution < -0.4 is 5.32 Å². The number of carbonyl (C=O) groups is 1. The second-order valence-corrected chi connectivity index (χ2v) is 6.55. The molecule has 2 fully saturated rings. The first-order valence-corrected chi connectivity index (χ1v) is 8.15. The van der Waals surface area contributed by atoms with Gasteiger partial charge in [-0.2, -0.15) is 0 Å². The fourth-order valence-electron chi connectivity index (χ4n) is 3.71. The first kappa shape index (κ1) is 14.8. The lowest BCUT2D eigenvalue weighted by Gasteiger charge is -2.34. The normalized spacial score (nSPS) is 27.3. The maximum absolute atomic E-state index is 12.4. The van der Waals surface area contributed by atoms with Crippen molar-refractivity contribution < 1.29 is 4.79 Å². The Morgan fingerprint density at radius 1 is 1.21 bits per heavy atom. The van der Waals surface area contributed by atoms with Crippen molar-refractivity contribution in [2.24, 2.45) is 11.8 Å². The topological polar surface area (TPSA) is 32.3 Å². The fourth-order valence-corrected chi connectivity index (χ4v) is 3.71. The highest BCUT2D eigenvalue weighted by atomic mass is 16.2. The fraction of sp³-hybridized carbons (Fsp3) is 0.938. The Labute approximate surface area is 118 Å². The van der Waals surface area contributed by atoms with E-state index in [0.29, 0.717) is 17.9 Å². The van der Waals surface area contributed by atoms with Crippen molar-refractivity contribution in [1.29, 1.82) is 0 Å². The molecule has 2 rings (SSSR count). The first-order valence-electron chi connectivity index (χ1n) is 8.15. The highest BCUT2D eigenvalue weighted by Gasteiger charge is 2.27. The summed E-state index contributed by atoms with van der Waals surface area (Å²) in [6.45, 7) is 4.16. The number of piperidine rings is 1. The van der Waals surface area contributed by atoms with Crippen molar-refractivity contribution in [1.82, 2.24) is 10.2 Å². The number of nitrogens with one attached hydrogen (secondary N) is 1. The zero-order valence-corrected chi connectivity index (χ0v) is 12.7. The Balaban J connectivity index is 1.79.